The first-order chi connectivity index (χ1) is 13.3. The lowest BCUT2D eigenvalue weighted by Gasteiger charge is -2.04. The van der Waals surface area contributed by atoms with E-state index < -0.39 is 0 Å². The third-order valence-electron chi connectivity index (χ3n) is 4.02. The molecule has 8 nitrogen and oxygen atoms in total. The molecule has 4 rings (SSSR count). The SMILES string of the molecule is OCc1cc(C=NNc2ncnc3c2cnn3-c2ccccc2)ccc1O. The van der Waals surface area contributed by atoms with Crippen molar-refractivity contribution < 1.29 is 10.2 Å². The Balaban J connectivity index is 1.61. The first kappa shape index (κ1) is 16.7. The number of phenols is 1. The summed E-state index contributed by atoms with van der Waals surface area (Å²) in [7, 11) is 0. The Morgan fingerprint density at radius 2 is 1.96 bits per heavy atom. The number of fused-ring (bicyclic) bond motifs is 1. The first-order valence-electron chi connectivity index (χ1n) is 8.22. The van der Waals surface area contributed by atoms with Gasteiger partial charge in [0, 0.05) is 5.56 Å². The lowest BCUT2D eigenvalue weighted by atomic mass is 10.1. The summed E-state index contributed by atoms with van der Waals surface area (Å²) in [6.45, 7) is -0.244. The third-order valence-corrected chi connectivity index (χ3v) is 4.02. The molecule has 2 aromatic carbocycles. The second-order valence-electron chi connectivity index (χ2n) is 5.77. The fourth-order valence-corrected chi connectivity index (χ4v) is 2.67. The van der Waals surface area contributed by atoms with Crippen LogP contribution in [0.15, 0.2) is 66.2 Å². The van der Waals surface area contributed by atoms with Crippen molar-refractivity contribution in [2.24, 2.45) is 5.10 Å². The van der Waals surface area contributed by atoms with Crippen molar-refractivity contribution in [3.05, 3.63) is 72.2 Å². The van der Waals surface area contributed by atoms with Crippen LogP contribution in [0.1, 0.15) is 11.1 Å². The highest BCUT2D eigenvalue weighted by molar-refractivity contribution is 5.88. The Morgan fingerprint density at radius 3 is 2.78 bits per heavy atom. The van der Waals surface area contributed by atoms with E-state index in [1.807, 2.05) is 30.3 Å². The average Bonchev–Trinajstić information content (AvgIpc) is 3.15. The molecule has 2 heterocycles. The summed E-state index contributed by atoms with van der Waals surface area (Å²) in [5.41, 5.74) is 5.63. The van der Waals surface area contributed by atoms with Crippen molar-refractivity contribution in [3.8, 4) is 11.4 Å². The second-order valence-corrected chi connectivity index (χ2v) is 5.77. The molecule has 8 heteroatoms. The number of nitrogens with one attached hydrogen (secondary N) is 1. The van der Waals surface area contributed by atoms with Gasteiger partial charge in [-0.15, -0.1) is 0 Å². The first-order valence-corrected chi connectivity index (χ1v) is 8.22. The summed E-state index contributed by atoms with van der Waals surface area (Å²) in [6, 6.07) is 14.6. The molecule has 0 saturated heterocycles. The maximum absolute atomic E-state index is 9.61. The highest BCUT2D eigenvalue weighted by Gasteiger charge is 2.10. The maximum atomic E-state index is 9.61. The molecule has 2 aromatic heterocycles. The van der Waals surface area contributed by atoms with E-state index in [1.165, 1.54) is 12.4 Å². The normalized spacial score (nSPS) is 11.3. The van der Waals surface area contributed by atoms with Crippen molar-refractivity contribution >= 4 is 23.1 Å². The fourth-order valence-electron chi connectivity index (χ4n) is 2.67. The van der Waals surface area contributed by atoms with Gasteiger partial charge in [-0.25, -0.2) is 14.6 Å². The van der Waals surface area contributed by atoms with Gasteiger partial charge in [0.1, 0.15) is 12.1 Å². The average molecular weight is 360 g/mol. The van der Waals surface area contributed by atoms with Crippen molar-refractivity contribution in [3.63, 3.8) is 0 Å². The third kappa shape index (κ3) is 3.33. The van der Waals surface area contributed by atoms with Gasteiger partial charge < -0.3 is 10.2 Å². The molecule has 0 atom stereocenters. The van der Waals surface area contributed by atoms with Gasteiger partial charge in [-0.1, -0.05) is 18.2 Å². The summed E-state index contributed by atoms with van der Waals surface area (Å²) in [4.78, 5) is 8.54. The lowest BCUT2D eigenvalue weighted by Crippen LogP contribution is -1.99. The van der Waals surface area contributed by atoms with Crippen molar-refractivity contribution in [2.75, 3.05) is 5.43 Å². The van der Waals surface area contributed by atoms with Gasteiger partial charge in [0.2, 0.25) is 0 Å². The highest BCUT2D eigenvalue weighted by atomic mass is 16.3. The number of hydrogen-bond donors (Lipinski definition) is 3. The van der Waals surface area contributed by atoms with Crippen molar-refractivity contribution in [1.82, 2.24) is 19.7 Å². The zero-order valence-corrected chi connectivity index (χ0v) is 14.2. The number of hydrogen-bond acceptors (Lipinski definition) is 7. The van der Waals surface area contributed by atoms with Gasteiger partial charge in [0.25, 0.3) is 0 Å². The van der Waals surface area contributed by atoms with Crippen molar-refractivity contribution in [2.45, 2.75) is 6.61 Å². The van der Waals surface area contributed by atoms with E-state index in [0.29, 0.717) is 17.0 Å². The Labute approximate surface area is 154 Å². The summed E-state index contributed by atoms with van der Waals surface area (Å²) in [5, 5.41) is 28.1. The van der Waals surface area contributed by atoms with Crippen LogP contribution < -0.4 is 5.43 Å². The predicted molar refractivity (Wildman–Crippen MR) is 102 cm³/mol. The molecule has 134 valence electrons. The van der Waals surface area contributed by atoms with Crippen LogP contribution in [0, 0.1) is 0 Å². The summed E-state index contributed by atoms with van der Waals surface area (Å²) in [6.07, 6.45) is 4.71. The van der Waals surface area contributed by atoms with Crippen LogP contribution in [0.5, 0.6) is 5.75 Å². The number of anilines is 1. The molecular weight excluding hydrogens is 344 g/mol. The lowest BCUT2D eigenvalue weighted by molar-refractivity contribution is 0.275. The minimum atomic E-state index is -0.244. The number of aromatic hydroxyl groups is 1. The molecule has 0 saturated carbocycles. The van der Waals surface area contributed by atoms with E-state index in [2.05, 4.69) is 25.6 Å². The molecule has 0 amide bonds. The number of aliphatic hydroxyl groups is 1. The Hall–Kier alpha value is -3.78. The van der Waals surface area contributed by atoms with Gasteiger partial charge in [-0.05, 0) is 35.9 Å². The molecule has 0 aliphatic carbocycles. The summed E-state index contributed by atoms with van der Waals surface area (Å²) >= 11 is 0. The van der Waals surface area contributed by atoms with Crippen LogP contribution in [0.2, 0.25) is 0 Å². The van der Waals surface area contributed by atoms with E-state index in [1.54, 1.807) is 29.2 Å². The molecular formula is C19H16N6O2. The quantitative estimate of drug-likeness (QED) is 0.373. The number of aromatic nitrogens is 4. The largest absolute Gasteiger partial charge is 0.508 e. The Kier molecular flexibility index (Phi) is 4.46. The standard InChI is InChI=1S/C19H16N6O2/c26-11-14-8-13(6-7-17(14)27)9-22-24-18-16-10-23-25(19(16)21-12-20-18)15-4-2-1-3-5-15/h1-10,12,26-27H,11H2,(H,20,21,24). The summed E-state index contributed by atoms with van der Waals surface area (Å²) < 4.78 is 1.74. The van der Waals surface area contributed by atoms with Gasteiger partial charge in [0.15, 0.2) is 11.5 Å². The monoisotopic (exact) mass is 360 g/mol. The molecule has 0 unspecified atom stereocenters. The Bertz CT molecular complexity index is 1110. The molecule has 0 bridgehead atoms. The molecule has 0 aliphatic rings. The minimum absolute atomic E-state index is 0.0495. The van der Waals surface area contributed by atoms with Crippen molar-refractivity contribution in [1.29, 1.82) is 0 Å². The minimum Gasteiger partial charge on any atom is -0.508 e. The smallest absolute Gasteiger partial charge is 0.168 e. The number of aliphatic hydroxyl groups excluding tert-OH is 1. The van der Waals surface area contributed by atoms with Gasteiger partial charge in [-0.2, -0.15) is 10.2 Å². The molecule has 0 radical (unpaired) electrons. The summed E-state index contributed by atoms with van der Waals surface area (Å²) in [5.74, 6) is 0.577. The number of rotatable bonds is 5. The molecule has 0 spiro atoms. The highest BCUT2D eigenvalue weighted by Crippen LogP contribution is 2.21. The zero-order valence-electron chi connectivity index (χ0n) is 14.2. The molecule has 0 fully saturated rings. The number of para-hydroxylation sites is 1. The van der Waals surface area contributed by atoms with E-state index in [-0.39, 0.29) is 12.4 Å². The number of nitrogens with zero attached hydrogens (tertiary/aromatic N) is 5. The van der Waals surface area contributed by atoms with Crippen LogP contribution in [0.25, 0.3) is 16.7 Å². The predicted octanol–water partition coefficient (Wildman–Crippen LogP) is 2.46. The molecule has 27 heavy (non-hydrogen) atoms. The van der Waals surface area contributed by atoms with E-state index >= 15 is 0 Å². The number of benzene rings is 2. The van der Waals surface area contributed by atoms with Crippen LogP contribution in [-0.4, -0.2) is 36.2 Å². The topological polar surface area (TPSA) is 108 Å². The van der Waals surface area contributed by atoms with Crippen LogP contribution >= 0.6 is 0 Å². The van der Waals surface area contributed by atoms with Crippen LogP contribution in [-0.2, 0) is 6.61 Å². The van der Waals surface area contributed by atoms with Gasteiger partial charge in [-0.3, -0.25) is 5.43 Å². The van der Waals surface area contributed by atoms with Crippen LogP contribution in [0.3, 0.4) is 0 Å². The van der Waals surface area contributed by atoms with E-state index in [0.717, 1.165) is 16.6 Å². The Morgan fingerprint density at radius 1 is 1.11 bits per heavy atom. The number of hydrazone groups is 1. The van der Waals surface area contributed by atoms with Gasteiger partial charge >= 0.3 is 0 Å². The zero-order chi connectivity index (χ0) is 18.6. The van der Waals surface area contributed by atoms with Gasteiger partial charge in [0.05, 0.1) is 30.1 Å². The fraction of sp³-hybridized carbons (Fsp3) is 0.0526. The molecule has 3 N–H and O–H groups in total. The second kappa shape index (κ2) is 7.22. The van der Waals surface area contributed by atoms with E-state index in [9.17, 15) is 10.2 Å². The molecule has 0 aliphatic heterocycles. The maximum Gasteiger partial charge on any atom is 0.168 e. The van der Waals surface area contributed by atoms with E-state index in [4.69, 9.17) is 0 Å². The van der Waals surface area contributed by atoms with Crippen LogP contribution in [0.4, 0.5) is 5.82 Å². The molecule has 4 aromatic rings.